The third-order valence-corrected chi connectivity index (χ3v) is 6.59. The standard InChI is InChI=1S/C30H45NO8/c1-20-25(37-23-15-11-12-16-23)22(17-21-13-9-8-10-14-21)18-35-19-24(26(32)36-20)31(27(33)38-29(2,3)4)28(34)39-30(5,6)7/h8-10,13-14,20,22-25H,11-12,15-19H2,1-7H3. The molecule has 0 spiro atoms. The number of rotatable bonds is 5. The number of hydrogen-bond acceptors (Lipinski definition) is 8. The fourth-order valence-electron chi connectivity index (χ4n) is 4.90. The number of cyclic esters (lactones) is 1. The van der Waals surface area contributed by atoms with Crippen molar-refractivity contribution in [1.82, 2.24) is 4.90 Å². The van der Waals surface area contributed by atoms with Crippen LogP contribution in [0.5, 0.6) is 0 Å². The molecule has 0 bridgehead atoms. The summed E-state index contributed by atoms with van der Waals surface area (Å²) in [6.45, 7) is 11.9. The molecule has 1 aliphatic heterocycles. The molecule has 2 amide bonds. The minimum Gasteiger partial charge on any atom is -0.458 e. The van der Waals surface area contributed by atoms with Crippen molar-refractivity contribution in [3.05, 3.63) is 35.9 Å². The van der Waals surface area contributed by atoms with Gasteiger partial charge in [-0.15, -0.1) is 0 Å². The van der Waals surface area contributed by atoms with Gasteiger partial charge in [0.25, 0.3) is 0 Å². The fraction of sp³-hybridized carbons (Fsp3) is 0.700. The Kier molecular flexibility index (Phi) is 10.4. The lowest BCUT2D eigenvalue weighted by Crippen LogP contribution is -2.54. The van der Waals surface area contributed by atoms with Crippen LogP contribution in [0.2, 0.25) is 0 Å². The summed E-state index contributed by atoms with van der Waals surface area (Å²) < 4.78 is 29.5. The normalized spacial score (nSPS) is 25.2. The molecule has 1 aromatic rings. The largest absolute Gasteiger partial charge is 0.458 e. The van der Waals surface area contributed by atoms with Crippen molar-refractivity contribution in [3.63, 3.8) is 0 Å². The second-order valence-corrected chi connectivity index (χ2v) is 12.5. The van der Waals surface area contributed by atoms with Gasteiger partial charge in [0.2, 0.25) is 0 Å². The Hall–Kier alpha value is -2.65. The van der Waals surface area contributed by atoms with E-state index in [-0.39, 0.29) is 25.2 Å². The first kappa shape index (κ1) is 30.9. The van der Waals surface area contributed by atoms with Crippen LogP contribution in [-0.4, -0.2) is 71.8 Å². The summed E-state index contributed by atoms with van der Waals surface area (Å²) in [4.78, 5) is 40.6. The van der Waals surface area contributed by atoms with E-state index >= 15 is 0 Å². The maximum Gasteiger partial charge on any atom is 0.420 e. The number of amides is 2. The molecular formula is C30H45NO8. The van der Waals surface area contributed by atoms with Gasteiger partial charge >= 0.3 is 18.2 Å². The van der Waals surface area contributed by atoms with E-state index in [9.17, 15) is 14.4 Å². The number of hydrogen-bond donors (Lipinski definition) is 0. The Morgan fingerprint density at radius 2 is 1.49 bits per heavy atom. The zero-order chi connectivity index (χ0) is 28.8. The summed E-state index contributed by atoms with van der Waals surface area (Å²) in [7, 11) is 0. The van der Waals surface area contributed by atoms with Crippen LogP contribution in [0.3, 0.4) is 0 Å². The smallest absolute Gasteiger partial charge is 0.420 e. The van der Waals surface area contributed by atoms with Crippen LogP contribution in [0, 0.1) is 5.92 Å². The highest BCUT2D eigenvalue weighted by Gasteiger charge is 2.44. The highest BCUT2D eigenvalue weighted by Crippen LogP contribution is 2.30. The predicted molar refractivity (Wildman–Crippen MR) is 145 cm³/mol. The van der Waals surface area contributed by atoms with E-state index in [1.165, 1.54) is 0 Å². The van der Waals surface area contributed by atoms with Crippen molar-refractivity contribution >= 4 is 18.2 Å². The summed E-state index contributed by atoms with van der Waals surface area (Å²) in [6.07, 6.45) is 1.80. The molecule has 0 aromatic heterocycles. The molecule has 1 aliphatic carbocycles. The SMILES string of the molecule is CC1OC(=O)C(N(C(=O)OC(C)(C)C)C(=O)OC(C)(C)C)COCC(Cc2ccccc2)C1OC1CCCC1. The zero-order valence-electron chi connectivity index (χ0n) is 24.4. The monoisotopic (exact) mass is 547 g/mol. The molecular weight excluding hydrogens is 502 g/mol. The lowest BCUT2D eigenvalue weighted by atomic mass is 9.91. The van der Waals surface area contributed by atoms with E-state index < -0.39 is 47.6 Å². The van der Waals surface area contributed by atoms with Gasteiger partial charge in [-0.3, -0.25) is 0 Å². The molecule has 1 heterocycles. The molecule has 4 atom stereocenters. The minimum atomic E-state index is -1.39. The van der Waals surface area contributed by atoms with E-state index in [0.29, 0.717) is 11.3 Å². The van der Waals surface area contributed by atoms with E-state index in [1.54, 1.807) is 48.5 Å². The van der Waals surface area contributed by atoms with Crippen LogP contribution in [0.15, 0.2) is 30.3 Å². The molecule has 3 rings (SSSR count). The molecule has 2 aliphatic rings. The van der Waals surface area contributed by atoms with Crippen LogP contribution in [-0.2, 0) is 34.9 Å². The van der Waals surface area contributed by atoms with E-state index in [0.717, 1.165) is 31.2 Å². The van der Waals surface area contributed by atoms with Gasteiger partial charge in [0, 0.05) is 5.92 Å². The van der Waals surface area contributed by atoms with Gasteiger partial charge in [0.1, 0.15) is 17.3 Å². The Morgan fingerprint density at radius 1 is 0.923 bits per heavy atom. The molecule has 2 fully saturated rings. The van der Waals surface area contributed by atoms with Gasteiger partial charge in [-0.25, -0.2) is 14.4 Å². The predicted octanol–water partition coefficient (Wildman–Crippen LogP) is 5.68. The highest BCUT2D eigenvalue weighted by molar-refractivity contribution is 5.94. The molecule has 9 nitrogen and oxygen atoms in total. The summed E-state index contributed by atoms with van der Waals surface area (Å²) in [5.74, 6) is -0.898. The van der Waals surface area contributed by atoms with Crippen LogP contribution in [0.1, 0.15) is 79.7 Å². The van der Waals surface area contributed by atoms with Crippen molar-refractivity contribution in [3.8, 4) is 0 Å². The first-order valence-electron chi connectivity index (χ1n) is 14.0. The molecule has 4 unspecified atom stereocenters. The number of nitrogens with zero attached hydrogens (tertiary/aromatic N) is 1. The zero-order valence-corrected chi connectivity index (χ0v) is 24.4. The van der Waals surface area contributed by atoms with Crippen LogP contribution in [0.25, 0.3) is 0 Å². The third kappa shape index (κ3) is 9.49. The first-order valence-corrected chi connectivity index (χ1v) is 14.0. The Labute approximate surface area is 232 Å². The van der Waals surface area contributed by atoms with Crippen molar-refractivity contribution < 1.29 is 38.1 Å². The lowest BCUT2D eigenvalue weighted by Gasteiger charge is -2.33. The fourth-order valence-corrected chi connectivity index (χ4v) is 4.90. The van der Waals surface area contributed by atoms with E-state index in [2.05, 4.69) is 0 Å². The lowest BCUT2D eigenvalue weighted by molar-refractivity contribution is -0.167. The van der Waals surface area contributed by atoms with Crippen LogP contribution >= 0.6 is 0 Å². The molecule has 218 valence electrons. The molecule has 0 radical (unpaired) electrons. The number of carbonyl (C=O) groups excluding carboxylic acids is 3. The van der Waals surface area contributed by atoms with Gasteiger partial charge in [-0.05, 0) is 73.3 Å². The number of esters is 1. The summed E-state index contributed by atoms with van der Waals surface area (Å²) >= 11 is 0. The van der Waals surface area contributed by atoms with Gasteiger partial charge in [-0.2, -0.15) is 4.90 Å². The third-order valence-electron chi connectivity index (χ3n) is 6.59. The van der Waals surface area contributed by atoms with Crippen molar-refractivity contribution in [2.24, 2.45) is 5.92 Å². The molecule has 1 saturated carbocycles. The Balaban J connectivity index is 1.90. The topological polar surface area (TPSA) is 101 Å². The van der Waals surface area contributed by atoms with Gasteiger partial charge in [-0.1, -0.05) is 43.2 Å². The number of imide groups is 1. The maximum absolute atomic E-state index is 13.5. The second kappa shape index (κ2) is 13.1. The number of benzene rings is 1. The van der Waals surface area contributed by atoms with Gasteiger partial charge in [0.05, 0.1) is 25.4 Å². The Bertz CT molecular complexity index is 933. The van der Waals surface area contributed by atoms with Crippen molar-refractivity contribution in [2.45, 2.75) is 116 Å². The second-order valence-electron chi connectivity index (χ2n) is 12.5. The molecule has 9 heteroatoms. The summed E-state index contributed by atoms with van der Waals surface area (Å²) in [5, 5.41) is 0. The molecule has 1 aromatic carbocycles. The number of carbonyl (C=O) groups is 3. The molecule has 0 N–H and O–H groups in total. The van der Waals surface area contributed by atoms with Gasteiger partial charge in [0.15, 0.2) is 6.04 Å². The average Bonchev–Trinajstić information content (AvgIpc) is 3.33. The number of ether oxygens (including phenoxy) is 5. The van der Waals surface area contributed by atoms with E-state index in [4.69, 9.17) is 23.7 Å². The summed E-state index contributed by atoms with van der Waals surface area (Å²) in [6, 6.07) is 8.64. The minimum absolute atomic E-state index is 0.0889. The van der Waals surface area contributed by atoms with Gasteiger partial charge < -0.3 is 23.7 Å². The first-order chi connectivity index (χ1) is 18.2. The average molecular weight is 548 g/mol. The summed E-state index contributed by atoms with van der Waals surface area (Å²) in [5.41, 5.74) is -0.700. The maximum atomic E-state index is 13.5. The quantitative estimate of drug-likeness (QED) is 0.343. The van der Waals surface area contributed by atoms with E-state index in [1.807, 2.05) is 30.3 Å². The highest BCUT2D eigenvalue weighted by atomic mass is 16.6. The molecule has 39 heavy (non-hydrogen) atoms. The van der Waals surface area contributed by atoms with Crippen molar-refractivity contribution in [2.75, 3.05) is 13.2 Å². The van der Waals surface area contributed by atoms with Crippen LogP contribution in [0.4, 0.5) is 9.59 Å². The van der Waals surface area contributed by atoms with Crippen molar-refractivity contribution in [1.29, 1.82) is 0 Å². The van der Waals surface area contributed by atoms with Crippen LogP contribution < -0.4 is 0 Å². The molecule has 1 saturated heterocycles. The Morgan fingerprint density at radius 3 is 2.03 bits per heavy atom.